The molecule has 0 aliphatic carbocycles. The molecule has 2 N–H and O–H groups in total. The number of likely N-dealkylation sites (tertiary alicyclic amines) is 1. The van der Waals surface area contributed by atoms with Gasteiger partial charge in [0.25, 0.3) is 0 Å². The summed E-state index contributed by atoms with van der Waals surface area (Å²) in [4.78, 5) is 19.2. The number of piperidine rings is 1. The molecule has 2 heterocycles. The second-order valence-electron chi connectivity index (χ2n) is 7.78. The fourth-order valence-corrected chi connectivity index (χ4v) is 4.23. The molecular weight excluding hydrogens is 356 g/mol. The molecule has 2 amide bonds. The van der Waals surface area contributed by atoms with Crippen molar-refractivity contribution in [1.82, 2.24) is 15.2 Å². The largest absolute Gasteiger partial charge is 0.336 e. The average molecular weight is 387 g/mol. The van der Waals surface area contributed by atoms with Crippen LogP contribution in [0.3, 0.4) is 0 Å². The molecule has 1 fully saturated rings. The van der Waals surface area contributed by atoms with Crippen molar-refractivity contribution in [3.05, 3.63) is 35.8 Å². The summed E-state index contributed by atoms with van der Waals surface area (Å²) < 4.78 is 0. The van der Waals surface area contributed by atoms with E-state index >= 15 is 0 Å². The summed E-state index contributed by atoms with van der Waals surface area (Å²) in [6, 6.07) is 8.05. The summed E-state index contributed by atoms with van der Waals surface area (Å²) in [7, 11) is 0. The normalized spacial score (nSPS) is 17.0. The first-order valence-electron chi connectivity index (χ1n) is 9.81. The molecule has 0 bridgehead atoms. The summed E-state index contributed by atoms with van der Waals surface area (Å²) in [6.45, 7) is 9.73. The van der Waals surface area contributed by atoms with Gasteiger partial charge in [-0.2, -0.15) is 0 Å². The molecule has 1 aromatic carbocycles. The van der Waals surface area contributed by atoms with E-state index in [9.17, 15) is 4.79 Å². The zero-order valence-corrected chi connectivity index (χ0v) is 17.3. The van der Waals surface area contributed by atoms with Crippen LogP contribution in [0.5, 0.6) is 0 Å². The Morgan fingerprint density at radius 2 is 1.96 bits per heavy atom. The molecule has 6 heteroatoms. The van der Waals surface area contributed by atoms with E-state index in [-0.39, 0.29) is 6.03 Å². The Balaban J connectivity index is 1.50. The number of aromatic nitrogens is 1. The van der Waals surface area contributed by atoms with E-state index in [2.05, 4.69) is 41.3 Å². The van der Waals surface area contributed by atoms with E-state index in [1.54, 1.807) is 17.5 Å². The van der Waals surface area contributed by atoms with Gasteiger partial charge in [0.05, 0.1) is 0 Å². The number of nitrogens with one attached hydrogen (secondary N) is 2. The van der Waals surface area contributed by atoms with Gasteiger partial charge in [-0.3, -0.25) is 4.90 Å². The SMILES string of the molecule is CC1CCN([C@@H](CNC(=O)Nc2ccc(-c3nccs3)cc2)C(C)C)CC1. The molecule has 1 aromatic heterocycles. The fraction of sp³-hybridized carbons (Fsp3) is 0.524. The van der Waals surface area contributed by atoms with Crippen molar-refractivity contribution in [1.29, 1.82) is 0 Å². The quantitative estimate of drug-likeness (QED) is 0.757. The lowest BCUT2D eigenvalue weighted by atomic mass is 9.94. The number of anilines is 1. The van der Waals surface area contributed by atoms with Crippen LogP contribution in [0.2, 0.25) is 0 Å². The van der Waals surface area contributed by atoms with Crippen molar-refractivity contribution in [3.8, 4) is 10.6 Å². The van der Waals surface area contributed by atoms with Crippen molar-refractivity contribution in [2.45, 2.75) is 39.7 Å². The Kier molecular flexibility index (Phi) is 6.85. The fourth-order valence-electron chi connectivity index (χ4n) is 3.58. The number of thiazole rings is 1. The molecule has 27 heavy (non-hydrogen) atoms. The van der Waals surface area contributed by atoms with Gasteiger partial charge in [0.15, 0.2) is 0 Å². The highest BCUT2D eigenvalue weighted by molar-refractivity contribution is 7.13. The van der Waals surface area contributed by atoms with E-state index in [1.807, 2.05) is 29.6 Å². The van der Waals surface area contributed by atoms with Crippen LogP contribution in [-0.2, 0) is 0 Å². The van der Waals surface area contributed by atoms with Crippen LogP contribution in [0.4, 0.5) is 10.5 Å². The number of carbonyl (C=O) groups excluding carboxylic acids is 1. The maximum absolute atomic E-state index is 12.3. The lowest BCUT2D eigenvalue weighted by molar-refractivity contribution is 0.108. The Morgan fingerprint density at radius 1 is 1.26 bits per heavy atom. The monoisotopic (exact) mass is 386 g/mol. The Labute approximate surface area is 166 Å². The van der Waals surface area contributed by atoms with E-state index < -0.39 is 0 Å². The average Bonchev–Trinajstić information content (AvgIpc) is 3.18. The third-order valence-corrected chi connectivity index (χ3v) is 6.17. The molecule has 146 valence electrons. The molecule has 1 saturated heterocycles. The summed E-state index contributed by atoms with van der Waals surface area (Å²) in [5.41, 5.74) is 1.86. The lowest BCUT2D eigenvalue weighted by Crippen LogP contribution is -2.50. The lowest BCUT2D eigenvalue weighted by Gasteiger charge is -2.38. The van der Waals surface area contributed by atoms with Gasteiger partial charge in [-0.25, -0.2) is 9.78 Å². The summed E-state index contributed by atoms with van der Waals surface area (Å²) in [5, 5.41) is 8.94. The standard InChI is InChI=1S/C21H30N4OS/c1-15(2)19(25-11-8-16(3)9-12-25)14-23-21(26)24-18-6-4-17(5-7-18)20-22-10-13-27-20/h4-7,10,13,15-16,19H,8-9,11-12,14H2,1-3H3,(H2,23,24,26)/t19-/m0/s1. The van der Waals surface area contributed by atoms with Gasteiger partial charge in [0, 0.05) is 35.4 Å². The van der Waals surface area contributed by atoms with Crippen LogP contribution in [-0.4, -0.2) is 41.6 Å². The molecule has 3 rings (SSSR count). The number of rotatable bonds is 6. The minimum atomic E-state index is -0.145. The number of urea groups is 1. The zero-order valence-electron chi connectivity index (χ0n) is 16.4. The van der Waals surface area contributed by atoms with Crippen molar-refractivity contribution in [2.24, 2.45) is 11.8 Å². The summed E-state index contributed by atoms with van der Waals surface area (Å²) in [6.07, 6.45) is 4.30. The van der Waals surface area contributed by atoms with E-state index in [4.69, 9.17) is 0 Å². The van der Waals surface area contributed by atoms with Gasteiger partial charge in [-0.1, -0.05) is 20.8 Å². The summed E-state index contributed by atoms with van der Waals surface area (Å²) in [5.74, 6) is 1.33. The first kappa shape index (κ1) is 19.8. The van der Waals surface area contributed by atoms with Gasteiger partial charge >= 0.3 is 6.03 Å². The summed E-state index contributed by atoms with van der Waals surface area (Å²) >= 11 is 1.61. The number of carbonyl (C=O) groups is 1. The molecule has 5 nitrogen and oxygen atoms in total. The van der Waals surface area contributed by atoms with E-state index in [0.717, 1.165) is 35.3 Å². The van der Waals surface area contributed by atoms with E-state index in [1.165, 1.54) is 12.8 Å². The Bertz CT molecular complexity index is 706. The molecule has 0 spiro atoms. The van der Waals surface area contributed by atoms with Crippen LogP contribution in [0, 0.1) is 11.8 Å². The maximum atomic E-state index is 12.3. The topological polar surface area (TPSA) is 57.3 Å². The van der Waals surface area contributed by atoms with E-state index in [0.29, 0.717) is 18.5 Å². The highest BCUT2D eigenvalue weighted by atomic mass is 32.1. The molecular formula is C21H30N4OS. The van der Waals surface area contributed by atoms with Crippen molar-refractivity contribution < 1.29 is 4.79 Å². The second kappa shape index (κ2) is 9.33. The molecule has 0 saturated carbocycles. The molecule has 1 aliphatic heterocycles. The number of amides is 2. The molecule has 1 atom stereocenters. The van der Waals surface area contributed by atoms with Crippen molar-refractivity contribution in [2.75, 3.05) is 25.0 Å². The molecule has 0 unspecified atom stereocenters. The minimum Gasteiger partial charge on any atom is -0.336 e. The first-order chi connectivity index (χ1) is 13.0. The third kappa shape index (κ3) is 5.53. The van der Waals surface area contributed by atoms with Crippen LogP contribution in [0.25, 0.3) is 10.6 Å². The van der Waals surface area contributed by atoms with Gasteiger partial charge in [-0.15, -0.1) is 11.3 Å². The highest BCUT2D eigenvalue weighted by Crippen LogP contribution is 2.23. The van der Waals surface area contributed by atoms with Crippen LogP contribution < -0.4 is 10.6 Å². The Hall–Kier alpha value is -1.92. The number of nitrogens with zero attached hydrogens (tertiary/aromatic N) is 2. The van der Waals surface area contributed by atoms with Crippen molar-refractivity contribution >= 4 is 23.1 Å². The first-order valence-corrected chi connectivity index (χ1v) is 10.7. The Morgan fingerprint density at radius 3 is 2.56 bits per heavy atom. The van der Waals surface area contributed by atoms with Gasteiger partial charge < -0.3 is 10.6 Å². The van der Waals surface area contributed by atoms with Gasteiger partial charge in [0.1, 0.15) is 5.01 Å². The molecule has 0 radical (unpaired) electrons. The predicted molar refractivity (Wildman–Crippen MR) is 113 cm³/mol. The number of hydrogen-bond donors (Lipinski definition) is 2. The van der Waals surface area contributed by atoms with Crippen LogP contribution >= 0.6 is 11.3 Å². The number of hydrogen-bond acceptors (Lipinski definition) is 4. The highest BCUT2D eigenvalue weighted by Gasteiger charge is 2.25. The number of benzene rings is 1. The van der Waals surface area contributed by atoms with Crippen LogP contribution in [0.15, 0.2) is 35.8 Å². The van der Waals surface area contributed by atoms with Crippen molar-refractivity contribution in [3.63, 3.8) is 0 Å². The maximum Gasteiger partial charge on any atom is 0.319 e. The second-order valence-corrected chi connectivity index (χ2v) is 8.67. The molecule has 1 aliphatic rings. The zero-order chi connectivity index (χ0) is 19.2. The smallest absolute Gasteiger partial charge is 0.319 e. The van der Waals surface area contributed by atoms with Crippen LogP contribution in [0.1, 0.15) is 33.6 Å². The minimum absolute atomic E-state index is 0.145. The van der Waals surface area contributed by atoms with Gasteiger partial charge in [0.2, 0.25) is 0 Å². The van der Waals surface area contributed by atoms with Gasteiger partial charge in [-0.05, 0) is 62.0 Å². The molecule has 2 aromatic rings. The predicted octanol–water partition coefficient (Wildman–Crippen LogP) is 4.69. The third-order valence-electron chi connectivity index (χ3n) is 5.35.